The molecule has 21 heavy (non-hydrogen) atoms. The van der Waals surface area contributed by atoms with Gasteiger partial charge in [-0.25, -0.2) is 0 Å². The topological polar surface area (TPSA) is 98.5 Å². The number of hydrogen-bond acceptors (Lipinski definition) is 5. The largest absolute Gasteiger partial charge is 0.466 e. The van der Waals surface area contributed by atoms with Gasteiger partial charge in [0.15, 0.2) is 0 Å². The average molecular weight is 294 g/mol. The summed E-state index contributed by atoms with van der Waals surface area (Å²) in [5.41, 5.74) is 0.636. The minimum Gasteiger partial charge on any atom is -0.466 e. The van der Waals surface area contributed by atoms with Crippen molar-refractivity contribution >= 4 is 17.6 Å². The molecule has 0 aliphatic rings. The van der Waals surface area contributed by atoms with Gasteiger partial charge in [0.25, 0.3) is 11.6 Å². The van der Waals surface area contributed by atoms with Crippen molar-refractivity contribution in [2.75, 3.05) is 13.2 Å². The number of nitro groups is 1. The number of carbonyl (C=O) groups is 2. The maximum absolute atomic E-state index is 11.9. The lowest BCUT2D eigenvalue weighted by atomic mass is 10.1. The molecule has 0 spiro atoms. The molecular weight excluding hydrogens is 276 g/mol. The van der Waals surface area contributed by atoms with Crippen LogP contribution in [0.15, 0.2) is 18.2 Å². The zero-order valence-electron chi connectivity index (χ0n) is 12.0. The van der Waals surface area contributed by atoms with E-state index in [9.17, 15) is 19.7 Å². The van der Waals surface area contributed by atoms with Crippen molar-refractivity contribution in [2.45, 2.75) is 26.7 Å². The first-order valence-corrected chi connectivity index (χ1v) is 6.64. The molecule has 0 heterocycles. The molecule has 1 amide bonds. The predicted octanol–water partition coefficient (Wildman–Crippen LogP) is 1.98. The number of benzene rings is 1. The van der Waals surface area contributed by atoms with Crippen LogP contribution in [0, 0.1) is 17.0 Å². The molecule has 0 bridgehead atoms. The smallest absolute Gasteiger partial charge is 0.305 e. The Morgan fingerprint density at radius 2 is 2.10 bits per heavy atom. The zero-order chi connectivity index (χ0) is 15.8. The quantitative estimate of drug-likeness (QED) is 0.359. The van der Waals surface area contributed by atoms with Gasteiger partial charge in [0.1, 0.15) is 0 Å². The molecule has 0 radical (unpaired) electrons. The van der Waals surface area contributed by atoms with Gasteiger partial charge in [0, 0.05) is 30.2 Å². The van der Waals surface area contributed by atoms with E-state index in [4.69, 9.17) is 4.74 Å². The summed E-state index contributed by atoms with van der Waals surface area (Å²) in [5.74, 6) is -0.709. The summed E-state index contributed by atoms with van der Waals surface area (Å²) >= 11 is 0. The number of rotatable bonds is 7. The number of esters is 1. The summed E-state index contributed by atoms with van der Waals surface area (Å²) in [6, 6.07) is 4.31. The van der Waals surface area contributed by atoms with Crippen LogP contribution < -0.4 is 5.32 Å². The number of nitrogens with zero attached hydrogens (tertiary/aromatic N) is 1. The molecule has 0 unspecified atom stereocenters. The van der Waals surface area contributed by atoms with Crippen molar-refractivity contribution in [3.8, 4) is 0 Å². The maximum Gasteiger partial charge on any atom is 0.305 e. The van der Waals surface area contributed by atoms with E-state index < -0.39 is 10.8 Å². The monoisotopic (exact) mass is 294 g/mol. The number of nitrogens with one attached hydrogen (secondary N) is 1. The van der Waals surface area contributed by atoms with Gasteiger partial charge in [-0.15, -0.1) is 0 Å². The molecule has 0 aromatic heterocycles. The molecule has 7 nitrogen and oxygen atoms in total. The molecule has 1 aromatic carbocycles. The summed E-state index contributed by atoms with van der Waals surface area (Å²) in [6.07, 6.45) is 0.681. The first-order chi connectivity index (χ1) is 9.95. The Bertz CT molecular complexity index is 542. The van der Waals surface area contributed by atoms with E-state index in [1.807, 2.05) is 0 Å². The maximum atomic E-state index is 11.9. The molecule has 1 N–H and O–H groups in total. The van der Waals surface area contributed by atoms with Crippen LogP contribution in [0.5, 0.6) is 0 Å². The summed E-state index contributed by atoms with van der Waals surface area (Å²) in [6.45, 7) is 3.97. The van der Waals surface area contributed by atoms with Crippen LogP contribution in [0.2, 0.25) is 0 Å². The van der Waals surface area contributed by atoms with E-state index in [0.717, 1.165) is 0 Å². The lowest BCUT2D eigenvalue weighted by molar-refractivity contribution is -0.385. The Hall–Kier alpha value is -2.44. The van der Waals surface area contributed by atoms with Crippen LogP contribution in [-0.4, -0.2) is 30.0 Å². The SMILES string of the molecule is CCOC(=O)CCCNC(=O)c1ccc(C)c([N+](=O)[O-])c1. The molecule has 0 atom stereocenters. The van der Waals surface area contributed by atoms with Crippen LogP contribution in [0.1, 0.15) is 35.7 Å². The Labute approximate surface area is 122 Å². The number of hydrogen-bond donors (Lipinski definition) is 1. The summed E-state index contributed by atoms with van der Waals surface area (Å²) < 4.78 is 4.76. The van der Waals surface area contributed by atoms with Gasteiger partial charge in [0.2, 0.25) is 0 Å². The molecule has 0 saturated carbocycles. The van der Waals surface area contributed by atoms with E-state index in [2.05, 4.69) is 5.32 Å². The molecule has 0 aliphatic carbocycles. The third kappa shape index (κ3) is 5.21. The zero-order valence-corrected chi connectivity index (χ0v) is 12.0. The molecule has 114 valence electrons. The molecular formula is C14H18N2O5. The van der Waals surface area contributed by atoms with Gasteiger partial charge < -0.3 is 10.1 Å². The normalized spacial score (nSPS) is 10.0. The second kappa shape index (κ2) is 7.98. The van der Waals surface area contributed by atoms with Crippen molar-refractivity contribution in [1.82, 2.24) is 5.32 Å². The predicted molar refractivity (Wildman–Crippen MR) is 76.0 cm³/mol. The van der Waals surface area contributed by atoms with Crippen molar-refractivity contribution in [1.29, 1.82) is 0 Å². The van der Waals surface area contributed by atoms with Crippen LogP contribution in [0.4, 0.5) is 5.69 Å². The molecule has 0 fully saturated rings. The van der Waals surface area contributed by atoms with Gasteiger partial charge in [-0.1, -0.05) is 6.07 Å². The minimum absolute atomic E-state index is 0.0887. The Morgan fingerprint density at radius 3 is 2.71 bits per heavy atom. The Balaban J connectivity index is 2.51. The molecule has 1 rings (SSSR count). The molecule has 0 saturated heterocycles. The summed E-state index contributed by atoms with van der Waals surface area (Å²) in [7, 11) is 0. The van der Waals surface area contributed by atoms with E-state index in [1.54, 1.807) is 13.8 Å². The lowest BCUT2D eigenvalue weighted by Crippen LogP contribution is -2.25. The van der Waals surface area contributed by atoms with Gasteiger partial charge in [-0.3, -0.25) is 19.7 Å². The Morgan fingerprint density at radius 1 is 1.38 bits per heavy atom. The Kier molecular flexibility index (Phi) is 6.32. The molecule has 7 heteroatoms. The fourth-order valence-electron chi connectivity index (χ4n) is 1.72. The first kappa shape index (κ1) is 16.6. The summed E-state index contributed by atoms with van der Waals surface area (Å²) in [5, 5.41) is 13.4. The van der Waals surface area contributed by atoms with Gasteiger partial charge in [0.05, 0.1) is 11.5 Å². The fourth-order valence-corrected chi connectivity index (χ4v) is 1.72. The van der Waals surface area contributed by atoms with E-state index in [-0.39, 0.29) is 23.6 Å². The second-order valence-electron chi connectivity index (χ2n) is 4.42. The number of aryl methyl sites for hydroxylation is 1. The second-order valence-corrected chi connectivity index (χ2v) is 4.42. The number of ether oxygens (including phenoxy) is 1. The first-order valence-electron chi connectivity index (χ1n) is 6.64. The fraction of sp³-hybridized carbons (Fsp3) is 0.429. The number of amides is 1. The van der Waals surface area contributed by atoms with Gasteiger partial charge >= 0.3 is 5.97 Å². The average Bonchev–Trinajstić information content (AvgIpc) is 2.43. The van der Waals surface area contributed by atoms with E-state index in [0.29, 0.717) is 25.1 Å². The van der Waals surface area contributed by atoms with E-state index >= 15 is 0 Å². The minimum atomic E-state index is -0.521. The molecule has 1 aromatic rings. The highest BCUT2D eigenvalue weighted by Gasteiger charge is 2.14. The highest BCUT2D eigenvalue weighted by Crippen LogP contribution is 2.19. The number of nitro benzene ring substituents is 1. The van der Waals surface area contributed by atoms with Crippen LogP contribution in [-0.2, 0) is 9.53 Å². The van der Waals surface area contributed by atoms with E-state index in [1.165, 1.54) is 18.2 Å². The van der Waals surface area contributed by atoms with Crippen LogP contribution >= 0.6 is 0 Å². The molecule has 0 aliphatic heterocycles. The van der Waals surface area contributed by atoms with Crippen LogP contribution in [0.25, 0.3) is 0 Å². The highest BCUT2D eigenvalue weighted by atomic mass is 16.6. The number of carbonyl (C=O) groups excluding carboxylic acids is 2. The van der Waals surface area contributed by atoms with Crippen LogP contribution in [0.3, 0.4) is 0 Å². The highest BCUT2D eigenvalue weighted by molar-refractivity contribution is 5.95. The van der Waals surface area contributed by atoms with Crippen molar-refractivity contribution in [3.63, 3.8) is 0 Å². The van der Waals surface area contributed by atoms with Gasteiger partial charge in [-0.2, -0.15) is 0 Å². The van der Waals surface area contributed by atoms with Gasteiger partial charge in [-0.05, 0) is 26.3 Å². The third-order valence-electron chi connectivity index (χ3n) is 2.82. The van der Waals surface area contributed by atoms with Crippen molar-refractivity contribution in [3.05, 3.63) is 39.4 Å². The lowest BCUT2D eigenvalue weighted by Gasteiger charge is -2.06. The summed E-state index contributed by atoms with van der Waals surface area (Å²) in [4.78, 5) is 33.3. The van der Waals surface area contributed by atoms with Crippen molar-refractivity contribution in [2.24, 2.45) is 0 Å². The third-order valence-corrected chi connectivity index (χ3v) is 2.82. The van der Waals surface area contributed by atoms with Crippen molar-refractivity contribution < 1.29 is 19.2 Å². The standard InChI is InChI=1S/C14H18N2O5/c1-3-21-13(17)5-4-8-15-14(18)11-7-6-10(2)12(9-11)16(19)20/h6-7,9H,3-5,8H2,1-2H3,(H,15,18).